The molecule has 1 aliphatic rings. The first kappa shape index (κ1) is 10.6. The van der Waals surface area contributed by atoms with Crippen molar-refractivity contribution in [1.29, 1.82) is 0 Å². The van der Waals surface area contributed by atoms with Crippen molar-refractivity contribution < 1.29 is 9.15 Å². The highest BCUT2D eigenvalue weighted by atomic mass is 16.5. The van der Waals surface area contributed by atoms with Crippen molar-refractivity contribution in [3.63, 3.8) is 0 Å². The van der Waals surface area contributed by atoms with Crippen LogP contribution in [-0.4, -0.2) is 17.6 Å². The number of nitrogens with two attached hydrogens (primary N) is 1. The Balaban J connectivity index is 1.94. The van der Waals surface area contributed by atoms with Crippen LogP contribution in [-0.2, 0) is 11.2 Å². The van der Waals surface area contributed by atoms with Crippen molar-refractivity contribution in [2.45, 2.75) is 44.8 Å². The summed E-state index contributed by atoms with van der Waals surface area (Å²) in [6.45, 7) is 2.76. The molecule has 2 unspecified atom stereocenters. The van der Waals surface area contributed by atoms with E-state index in [9.17, 15) is 0 Å². The van der Waals surface area contributed by atoms with Gasteiger partial charge in [0.25, 0.3) is 0 Å². The van der Waals surface area contributed by atoms with Crippen LogP contribution in [0, 0.1) is 0 Å². The van der Waals surface area contributed by atoms with Crippen molar-refractivity contribution in [2.24, 2.45) is 5.73 Å². The zero-order valence-corrected chi connectivity index (χ0v) is 9.11. The van der Waals surface area contributed by atoms with Gasteiger partial charge < -0.3 is 14.9 Å². The largest absolute Gasteiger partial charge is 0.443 e. The predicted octanol–water partition coefficient (Wildman–Crippen LogP) is 1.81. The van der Waals surface area contributed by atoms with Crippen LogP contribution in [0.1, 0.15) is 43.9 Å². The number of oxazole rings is 1. The molecule has 0 aliphatic carbocycles. The summed E-state index contributed by atoms with van der Waals surface area (Å²) in [7, 11) is 0. The number of ether oxygens (including phenoxy) is 1. The van der Waals surface area contributed by atoms with Gasteiger partial charge in [0.2, 0.25) is 0 Å². The lowest BCUT2D eigenvalue weighted by molar-refractivity contribution is 0.0417. The number of nitrogens with zero attached hydrogens (tertiary/aromatic N) is 1. The first-order valence-electron chi connectivity index (χ1n) is 5.59. The first-order chi connectivity index (χ1) is 7.29. The smallest absolute Gasteiger partial charge is 0.194 e. The molecule has 0 radical (unpaired) electrons. The zero-order chi connectivity index (χ0) is 10.7. The van der Waals surface area contributed by atoms with Gasteiger partial charge in [0.1, 0.15) is 6.10 Å². The average molecular weight is 210 g/mol. The molecule has 1 aromatic rings. The number of hydrogen-bond acceptors (Lipinski definition) is 4. The third-order valence-corrected chi connectivity index (χ3v) is 2.72. The van der Waals surface area contributed by atoms with Crippen LogP contribution in [0.25, 0.3) is 0 Å². The summed E-state index contributed by atoms with van der Waals surface area (Å²) in [5.41, 5.74) is 5.43. The van der Waals surface area contributed by atoms with E-state index in [1.165, 1.54) is 0 Å². The number of hydrogen-bond donors (Lipinski definition) is 1. The van der Waals surface area contributed by atoms with Crippen molar-refractivity contribution in [1.82, 2.24) is 4.98 Å². The van der Waals surface area contributed by atoms with E-state index in [4.69, 9.17) is 14.9 Å². The molecule has 2 N–H and O–H groups in total. The maximum absolute atomic E-state index is 5.71. The molecular weight excluding hydrogens is 192 g/mol. The molecule has 1 aromatic heterocycles. The molecule has 15 heavy (non-hydrogen) atoms. The van der Waals surface area contributed by atoms with Gasteiger partial charge in [-0.25, -0.2) is 4.98 Å². The van der Waals surface area contributed by atoms with Gasteiger partial charge >= 0.3 is 0 Å². The molecule has 2 atom stereocenters. The van der Waals surface area contributed by atoms with Gasteiger partial charge in [-0.15, -0.1) is 0 Å². The minimum atomic E-state index is 0.110. The normalized spacial score (nSPS) is 26.0. The van der Waals surface area contributed by atoms with Crippen LogP contribution in [0.3, 0.4) is 0 Å². The highest BCUT2D eigenvalue weighted by Gasteiger charge is 2.26. The van der Waals surface area contributed by atoms with Gasteiger partial charge in [-0.2, -0.15) is 0 Å². The lowest BCUT2D eigenvalue weighted by Gasteiger charge is -2.06. The fourth-order valence-electron chi connectivity index (χ4n) is 1.85. The van der Waals surface area contributed by atoms with Gasteiger partial charge in [-0.3, -0.25) is 0 Å². The third kappa shape index (κ3) is 2.58. The molecule has 2 rings (SSSR count). The molecule has 0 spiro atoms. The quantitative estimate of drug-likeness (QED) is 0.823. The summed E-state index contributed by atoms with van der Waals surface area (Å²) in [5.74, 6) is 1.64. The van der Waals surface area contributed by atoms with Crippen LogP contribution in [0.4, 0.5) is 0 Å². The summed E-state index contributed by atoms with van der Waals surface area (Å²) in [4.78, 5) is 4.22. The average Bonchev–Trinajstić information content (AvgIpc) is 2.83. The van der Waals surface area contributed by atoms with Crippen LogP contribution in [0.2, 0.25) is 0 Å². The van der Waals surface area contributed by atoms with Gasteiger partial charge in [0.05, 0.1) is 12.3 Å². The van der Waals surface area contributed by atoms with Gasteiger partial charge in [0.15, 0.2) is 11.7 Å². The molecule has 0 aromatic carbocycles. The second-order valence-corrected chi connectivity index (χ2v) is 4.06. The number of rotatable bonds is 4. The van der Waals surface area contributed by atoms with Crippen molar-refractivity contribution in [3.8, 4) is 0 Å². The molecule has 1 saturated heterocycles. The van der Waals surface area contributed by atoms with Crippen LogP contribution < -0.4 is 5.73 Å². The van der Waals surface area contributed by atoms with E-state index in [-0.39, 0.29) is 6.10 Å². The van der Waals surface area contributed by atoms with Gasteiger partial charge in [-0.05, 0) is 32.7 Å². The molecule has 4 heteroatoms. The molecule has 84 valence electrons. The fourth-order valence-corrected chi connectivity index (χ4v) is 1.85. The van der Waals surface area contributed by atoms with E-state index in [0.717, 1.165) is 37.3 Å². The Hall–Kier alpha value is -0.870. The molecule has 1 aliphatic heterocycles. The number of aromatic nitrogens is 1. The Kier molecular flexibility index (Phi) is 3.38. The molecular formula is C11H18N2O2. The molecule has 2 heterocycles. The van der Waals surface area contributed by atoms with E-state index in [1.54, 1.807) is 6.20 Å². The first-order valence-corrected chi connectivity index (χ1v) is 5.59. The lowest BCUT2D eigenvalue weighted by atomic mass is 10.2. The number of aryl methyl sites for hydroxylation is 1. The van der Waals surface area contributed by atoms with Gasteiger partial charge in [-0.1, -0.05) is 0 Å². The van der Waals surface area contributed by atoms with Crippen LogP contribution in [0.15, 0.2) is 10.6 Å². The third-order valence-electron chi connectivity index (χ3n) is 2.72. The Morgan fingerprint density at radius 1 is 1.53 bits per heavy atom. The second-order valence-electron chi connectivity index (χ2n) is 4.06. The SMILES string of the molecule is CC1CCC(c2cnc(CCCN)o2)O1. The summed E-state index contributed by atoms with van der Waals surface area (Å²) in [5, 5.41) is 0. The maximum Gasteiger partial charge on any atom is 0.194 e. The van der Waals surface area contributed by atoms with E-state index < -0.39 is 0 Å². The molecule has 0 amide bonds. The molecule has 0 saturated carbocycles. The van der Waals surface area contributed by atoms with E-state index in [2.05, 4.69) is 11.9 Å². The van der Waals surface area contributed by atoms with Crippen molar-refractivity contribution in [2.75, 3.05) is 6.54 Å². The van der Waals surface area contributed by atoms with Crippen molar-refractivity contribution >= 4 is 0 Å². The summed E-state index contributed by atoms with van der Waals surface area (Å²) >= 11 is 0. The Labute approximate surface area is 89.8 Å². The Morgan fingerprint density at radius 3 is 3.07 bits per heavy atom. The zero-order valence-electron chi connectivity index (χ0n) is 9.11. The van der Waals surface area contributed by atoms with Crippen molar-refractivity contribution in [3.05, 3.63) is 17.8 Å². The Morgan fingerprint density at radius 2 is 2.40 bits per heavy atom. The van der Waals surface area contributed by atoms with Crippen LogP contribution in [0.5, 0.6) is 0 Å². The maximum atomic E-state index is 5.71. The molecule has 4 nitrogen and oxygen atoms in total. The topological polar surface area (TPSA) is 61.3 Å². The molecule has 0 bridgehead atoms. The second kappa shape index (κ2) is 4.77. The van der Waals surface area contributed by atoms with E-state index in [1.807, 2.05) is 0 Å². The van der Waals surface area contributed by atoms with E-state index >= 15 is 0 Å². The highest BCUT2D eigenvalue weighted by molar-refractivity contribution is 5.00. The summed E-state index contributed by atoms with van der Waals surface area (Å²) in [6.07, 6.45) is 6.11. The van der Waals surface area contributed by atoms with E-state index in [0.29, 0.717) is 12.6 Å². The summed E-state index contributed by atoms with van der Waals surface area (Å²) in [6, 6.07) is 0. The predicted molar refractivity (Wildman–Crippen MR) is 56.4 cm³/mol. The minimum absolute atomic E-state index is 0.110. The van der Waals surface area contributed by atoms with Crippen LogP contribution >= 0.6 is 0 Å². The summed E-state index contributed by atoms with van der Waals surface area (Å²) < 4.78 is 11.3. The standard InChI is InChI=1S/C11H18N2O2/c1-8-4-5-9(14-8)10-7-13-11(15-10)3-2-6-12/h7-9H,2-6,12H2,1H3. The lowest BCUT2D eigenvalue weighted by Crippen LogP contribution is -2.00. The minimum Gasteiger partial charge on any atom is -0.443 e. The highest BCUT2D eigenvalue weighted by Crippen LogP contribution is 2.32. The van der Waals surface area contributed by atoms with Gasteiger partial charge in [0, 0.05) is 6.42 Å². The fraction of sp³-hybridized carbons (Fsp3) is 0.727. The Bertz CT molecular complexity index is 311. The monoisotopic (exact) mass is 210 g/mol. The molecule has 1 fully saturated rings.